The Bertz CT molecular complexity index is 809. The summed E-state index contributed by atoms with van der Waals surface area (Å²) in [4.78, 5) is 27.5. The molecule has 2 aromatic rings. The highest BCUT2D eigenvalue weighted by molar-refractivity contribution is 9.10. The molecule has 0 spiro atoms. The van der Waals surface area contributed by atoms with Crippen molar-refractivity contribution in [1.82, 2.24) is 20.0 Å². The third kappa shape index (κ3) is 5.45. The summed E-state index contributed by atoms with van der Waals surface area (Å²) in [5, 5.41) is 9.17. The molecular weight excluding hydrogens is 444 g/mol. The van der Waals surface area contributed by atoms with E-state index in [2.05, 4.69) is 26.1 Å². The van der Waals surface area contributed by atoms with Crippen molar-refractivity contribution in [3.8, 4) is 11.3 Å². The zero-order chi connectivity index (χ0) is 19.9. The summed E-state index contributed by atoms with van der Waals surface area (Å²) >= 11 is 4.78. The SMILES string of the molecule is CCOC(=O)N1CCN(C(=O)CSc2ccc(-c3ccc(Br)cc3)nn2)CC1. The number of aromatic nitrogens is 2. The number of halogens is 1. The first-order valence-electron chi connectivity index (χ1n) is 8.98. The molecule has 1 fully saturated rings. The summed E-state index contributed by atoms with van der Waals surface area (Å²) in [7, 11) is 0. The second-order valence-corrected chi connectivity index (χ2v) is 8.03. The molecule has 0 N–H and O–H groups in total. The Hall–Kier alpha value is -2.13. The first kappa shape index (κ1) is 20.6. The number of benzene rings is 1. The number of rotatable bonds is 5. The Balaban J connectivity index is 1.47. The summed E-state index contributed by atoms with van der Waals surface area (Å²) in [6.07, 6.45) is -0.315. The molecule has 3 rings (SSSR count). The highest BCUT2D eigenvalue weighted by atomic mass is 79.9. The lowest BCUT2D eigenvalue weighted by Crippen LogP contribution is -2.51. The number of amides is 2. The standard InChI is InChI=1S/C19H21BrN4O3S/c1-2-27-19(26)24-11-9-23(10-12-24)18(25)13-28-17-8-7-16(21-22-17)14-3-5-15(20)6-4-14/h3-8H,2,9-13H2,1H3. The van der Waals surface area contributed by atoms with Crippen molar-refractivity contribution >= 4 is 39.7 Å². The summed E-state index contributed by atoms with van der Waals surface area (Å²) in [5.74, 6) is 0.332. The number of hydrogen-bond acceptors (Lipinski definition) is 6. The van der Waals surface area contributed by atoms with E-state index in [-0.39, 0.29) is 12.0 Å². The quantitative estimate of drug-likeness (QED) is 0.631. The van der Waals surface area contributed by atoms with Crippen molar-refractivity contribution < 1.29 is 14.3 Å². The van der Waals surface area contributed by atoms with Crippen molar-refractivity contribution in [3.05, 3.63) is 40.9 Å². The molecule has 1 aromatic heterocycles. The van der Waals surface area contributed by atoms with Crippen molar-refractivity contribution in [1.29, 1.82) is 0 Å². The van der Waals surface area contributed by atoms with E-state index in [0.29, 0.717) is 43.6 Å². The Morgan fingerprint density at radius 2 is 1.71 bits per heavy atom. The summed E-state index contributed by atoms with van der Waals surface area (Å²) in [5.41, 5.74) is 1.78. The van der Waals surface area contributed by atoms with Gasteiger partial charge in [-0.2, -0.15) is 0 Å². The Morgan fingerprint density at radius 1 is 1.04 bits per heavy atom. The van der Waals surface area contributed by atoms with E-state index in [4.69, 9.17) is 4.74 Å². The lowest BCUT2D eigenvalue weighted by atomic mass is 10.1. The molecule has 148 valence electrons. The molecule has 1 aromatic carbocycles. The number of piperazine rings is 1. The molecule has 0 radical (unpaired) electrons. The van der Waals surface area contributed by atoms with E-state index in [9.17, 15) is 9.59 Å². The maximum Gasteiger partial charge on any atom is 0.409 e. The van der Waals surface area contributed by atoms with Gasteiger partial charge in [0.05, 0.1) is 18.1 Å². The van der Waals surface area contributed by atoms with Crippen molar-refractivity contribution in [2.75, 3.05) is 38.5 Å². The first-order chi connectivity index (χ1) is 13.6. The van der Waals surface area contributed by atoms with Crippen LogP contribution in [0.3, 0.4) is 0 Å². The molecule has 2 amide bonds. The van der Waals surface area contributed by atoms with Gasteiger partial charge in [0.15, 0.2) is 0 Å². The lowest BCUT2D eigenvalue weighted by molar-refractivity contribution is -0.129. The van der Waals surface area contributed by atoms with Gasteiger partial charge in [0, 0.05) is 36.2 Å². The van der Waals surface area contributed by atoms with Crippen LogP contribution in [-0.2, 0) is 9.53 Å². The van der Waals surface area contributed by atoms with Gasteiger partial charge in [-0.3, -0.25) is 4.79 Å². The number of nitrogens with zero attached hydrogens (tertiary/aromatic N) is 4. The predicted molar refractivity (Wildman–Crippen MR) is 111 cm³/mol. The Labute approximate surface area is 176 Å². The summed E-state index contributed by atoms with van der Waals surface area (Å²) < 4.78 is 6.00. The maximum absolute atomic E-state index is 12.4. The maximum atomic E-state index is 12.4. The number of hydrogen-bond donors (Lipinski definition) is 0. The molecule has 0 aliphatic carbocycles. The molecular formula is C19H21BrN4O3S. The van der Waals surface area contributed by atoms with Gasteiger partial charge in [0.25, 0.3) is 0 Å². The van der Waals surface area contributed by atoms with Gasteiger partial charge < -0.3 is 14.5 Å². The van der Waals surface area contributed by atoms with Crippen molar-refractivity contribution in [2.45, 2.75) is 11.9 Å². The van der Waals surface area contributed by atoms with Crippen molar-refractivity contribution in [2.24, 2.45) is 0 Å². The highest BCUT2D eigenvalue weighted by Gasteiger charge is 2.24. The van der Waals surface area contributed by atoms with Crippen LogP contribution in [-0.4, -0.2) is 70.5 Å². The summed E-state index contributed by atoms with van der Waals surface area (Å²) in [6, 6.07) is 11.6. The van der Waals surface area contributed by atoms with Gasteiger partial charge in [-0.1, -0.05) is 39.8 Å². The summed E-state index contributed by atoms with van der Waals surface area (Å²) in [6.45, 7) is 4.17. The van der Waals surface area contributed by atoms with Crippen LogP contribution in [0.15, 0.2) is 45.9 Å². The Morgan fingerprint density at radius 3 is 2.32 bits per heavy atom. The minimum absolute atomic E-state index is 0.0345. The Kier molecular flexibility index (Phi) is 7.27. The van der Waals surface area contributed by atoms with E-state index >= 15 is 0 Å². The average molecular weight is 465 g/mol. The monoisotopic (exact) mass is 464 g/mol. The van der Waals surface area contributed by atoms with Crippen LogP contribution in [0.2, 0.25) is 0 Å². The molecule has 1 saturated heterocycles. The van der Waals surface area contributed by atoms with Crippen LogP contribution in [0.1, 0.15) is 6.92 Å². The first-order valence-corrected chi connectivity index (χ1v) is 10.8. The second-order valence-electron chi connectivity index (χ2n) is 6.12. The molecule has 2 heterocycles. The largest absolute Gasteiger partial charge is 0.450 e. The zero-order valence-corrected chi connectivity index (χ0v) is 17.9. The molecule has 0 atom stereocenters. The average Bonchev–Trinajstić information content (AvgIpc) is 2.73. The van der Waals surface area contributed by atoms with Crippen LogP contribution in [0.25, 0.3) is 11.3 Å². The van der Waals surface area contributed by atoms with Gasteiger partial charge in [-0.25, -0.2) is 4.79 Å². The number of thioether (sulfide) groups is 1. The number of carbonyl (C=O) groups excluding carboxylic acids is 2. The van der Waals surface area contributed by atoms with Crippen LogP contribution in [0, 0.1) is 0 Å². The van der Waals surface area contributed by atoms with E-state index in [1.807, 2.05) is 36.4 Å². The molecule has 0 bridgehead atoms. The molecule has 0 unspecified atom stereocenters. The van der Waals surface area contributed by atoms with Gasteiger partial charge in [0.2, 0.25) is 5.91 Å². The third-order valence-corrected chi connectivity index (χ3v) is 5.72. The molecule has 28 heavy (non-hydrogen) atoms. The van der Waals surface area contributed by atoms with Gasteiger partial charge in [-0.15, -0.1) is 10.2 Å². The fourth-order valence-corrected chi connectivity index (χ4v) is 3.73. The fourth-order valence-electron chi connectivity index (χ4n) is 2.75. The third-order valence-electron chi connectivity index (χ3n) is 4.28. The normalized spacial score (nSPS) is 14.1. The minimum Gasteiger partial charge on any atom is -0.450 e. The van der Waals surface area contributed by atoms with E-state index in [1.54, 1.807) is 16.7 Å². The zero-order valence-electron chi connectivity index (χ0n) is 15.5. The predicted octanol–water partition coefficient (Wildman–Crippen LogP) is 3.30. The molecule has 0 saturated carbocycles. The van der Waals surface area contributed by atoms with Crippen LogP contribution < -0.4 is 0 Å². The topological polar surface area (TPSA) is 75.6 Å². The van der Waals surface area contributed by atoms with Crippen LogP contribution >= 0.6 is 27.7 Å². The fraction of sp³-hybridized carbons (Fsp3) is 0.368. The molecule has 7 nitrogen and oxygen atoms in total. The minimum atomic E-state index is -0.315. The van der Waals surface area contributed by atoms with Crippen LogP contribution in [0.5, 0.6) is 0 Å². The lowest BCUT2D eigenvalue weighted by Gasteiger charge is -2.34. The smallest absolute Gasteiger partial charge is 0.409 e. The van der Waals surface area contributed by atoms with Gasteiger partial charge >= 0.3 is 6.09 Å². The van der Waals surface area contributed by atoms with Gasteiger partial charge in [0.1, 0.15) is 5.03 Å². The second kappa shape index (κ2) is 9.88. The molecule has 1 aliphatic heterocycles. The van der Waals surface area contributed by atoms with Gasteiger partial charge in [-0.05, 0) is 31.2 Å². The van der Waals surface area contributed by atoms with E-state index in [1.165, 1.54) is 11.8 Å². The van der Waals surface area contributed by atoms with Crippen molar-refractivity contribution in [3.63, 3.8) is 0 Å². The number of carbonyl (C=O) groups is 2. The van der Waals surface area contributed by atoms with E-state index in [0.717, 1.165) is 15.7 Å². The van der Waals surface area contributed by atoms with Crippen LogP contribution in [0.4, 0.5) is 4.79 Å². The van der Waals surface area contributed by atoms with E-state index < -0.39 is 0 Å². The molecule has 1 aliphatic rings. The molecule has 9 heteroatoms. The number of ether oxygens (including phenoxy) is 1. The highest BCUT2D eigenvalue weighted by Crippen LogP contribution is 2.22.